The second-order valence-electron chi connectivity index (χ2n) is 9.02. The second kappa shape index (κ2) is 9.90. The Bertz CT molecular complexity index is 1300. The molecule has 0 bridgehead atoms. The van der Waals surface area contributed by atoms with Gasteiger partial charge in [0.25, 0.3) is 0 Å². The smallest absolute Gasteiger partial charge is 0.229 e. The molecule has 1 aliphatic heterocycles. The molecule has 186 valence electrons. The molecule has 0 unspecified atom stereocenters. The molecule has 1 saturated heterocycles. The van der Waals surface area contributed by atoms with Crippen LogP contribution >= 0.6 is 0 Å². The first-order chi connectivity index (χ1) is 17.8. The third kappa shape index (κ3) is 4.85. The number of rotatable bonds is 10. The van der Waals surface area contributed by atoms with Crippen LogP contribution in [0, 0.1) is 0 Å². The van der Waals surface area contributed by atoms with Gasteiger partial charge in [0.05, 0.1) is 18.8 Å². The Morgan fingerprint density at radius 1 is 1.08 bits per heavy atom. The number of hydrogen-bond donors (Lipinski definition) is 3. The minimum atomic E-state index is -0.0307. The Balaban J connectivity index is 1.27. The lowest BCUT2D eigenvalue weighted by Crippen LogP contribution is -2.25. The minimum Gasteiger partial charge on any atom is -0.383 e. The number of nitrogens with one attached hydrogen (secondary N) is 3. The lowest BCUT2D eigenvalue weighted by molar-refractivity contribution is 0.210. The molecule has 0 amide bonds. The molecule has 0 spiro atoms. The molecule has 4 aromatic heterocycles. The van der Waals surface area contributed by atoms with Crippen LogP contribution in [0.15, 0.2) is 41.3 Å². The Kier molecular flexibility index (Phi) is 6.16. The van der Waals surface area contributed by atoms with Crippen LogP contribution in [0.2, 0.25) is 0 Å². The number of H-pyrrole nitrogens is 1. The number of methoxy groups -OCH3 is 1. The number of anilines is 4. The SMILES string of the molecule is COCCNc1cc(Nc2cc(C3CC3)[nH]n2)nc(N2CCC[C@H]2c2cc(-c3cnccn3)no2)n1. The molecule has 4 aromatic rings. The van der Waals surface area contributed by atoms with E-state index in [0.29, 0.717) is 48.0 Å². The molecule has 0 radical (unpaired) electrons. The molecule has 2 aliphatic rings. The molecular weight excluding hydrogens is 460 g/mol. The van der Waals surface area contributed by atoms with Gasteiger partial charge in [-0.2, -0.15) is 15.1 Å². The van der Waals surface area contributed by atoms with E-state index in [9.17, 15) is 0 Å². The maximum Gasteiger partial charge on any atom is 0.229 e. The summed E-state index contributed by atoms with van der Waals surface area (Å²) in [5.41, 5.74) is 2.50. The van der Waals surface area contributed by atoms with E-state index in [4.69, 9.17) is 19.2 Å². The van der Waals surface area contributed by atoms with E-state index in [2.05, 4.69) is 46.9 Å². The zero-order valence-corrected chi connectivity index (χ0v) is 20.0. The van der Waals surface area contributed by atoms with Gasteiger partial charge in [-0.25, -0.2) is 0 Å². The van der Waals surface area contributed by atoms with Crippen molar-refractivity contribution >= 4 is 23.4 Å². The van der Waals surface area contributed by atoms with Gasteiger partial charge in [0.15, 0.2) is 11.6 Å². The van der Waals surface area contributed by atoms with E-state index in [0.717, 1.165) is 36.7 Å². The Hall–Kier alpha value is -4.06. The maximum atomic E-state index is 5.74. The molecule has 2 fully saturated rings. The number of aromatic amines is 1. The highest BCUT2D eigenvalue weighted by atomic mass is 16.5. The van der Waals surface area contributed by atoms with Gasteiger partial charge < -0.3 is 24.8 Å². The summed E-state index contributed by atoms with van der Waals surface area (Å²) in [6.45, 7) is 2.01. The highest BCUT2D eigenvalue weighted by Gasteiger charge is 2.32. The average molecular weight is 489 g/mol. The quantitative estimate of drug-likeness (QED) is 0.281. The monoisotopic (exact) mass is 488 g/mol. The Morgan fingerprint density at radius 3 is 2.83 bits per heavy atom. The normalized spacial score (nSPS) is 17.5. The molecule has 12 heteroatoms. The summed E-state index contributed by atoms with van der Waals surface area (Å²) in [5.74, 6) is 4.08. The zero-order chi connectivity index (χ0) is 24.3. The average Bonchev–Trinajstić information content (AvgIpc) is 3.27. The van der Waals surface area contributed by atoms with Crippen LogP contribution < -0.4 is 15.5 Å². The van der Waals surface area contributed by atoms with Crippen molar-refractivity contribution in [2.45, 2.75) is 37.6 Å². The van der Waals surface area contributed by atoms with Crippen molar-refractivity contribution in [3.63, 3.8) is 0 Å². The first kappa shape index (κ1) is 22.4. The third-order valence-electron chi connectivity index (χ3n) is 6.39. The molecule has 1 saturated carbocycles. The van der Waals surface area contributed by atoms with E-state index in [1.54, 1.807) is 25.7 Å². The van der Waals surface area contributed by atoms with Gasteiger partial charge in [-0.3, -0.25) is 15.1 Å². The van der Waals surface area contributed by atoms with Gasteiger partial charge in [-0.15, -0.1) is 0 Å². The van der Waals surface area contributed by atoms with Gasteiger partial charge in [0.1, 0.15) is 23.0 Å². The fourth-order valence-electron chi connectivity index (χ4n) is 4.43. The number of aromatic nitrogens is 7. The largest absolute Gasteiger partial charge is 0.383 e. The predicted molar refractivity (Wildman–Crippen MR) is 133 cm³/mol. The van der Waals surface area contributed by atoms with Crippen molar-refractivity contribution in [1.82, 2.24) is 35.3 Å². The van der Waals surface area contributed by atoms with Crippen LogP contribution in [-0.4, -0.2) is 62.1 Å². The van der Waals surface area contributed by atoms with Gasteiger partial charge in [0, 0.05) is 62.4 Å². The van der Waals surface area contributed by atoms with E-state index in [-0.39, 0.29) is 6.04 Å². The topological polar surface area (TPSA) is 143 Å². The van der Waals surface area contributed by atoms with Crippen LogP contribution in [0.3, 0.4) is 0 Å². The fourth-order valence-corrected chi connectivity index (χ4v) is 4.43. The van der Waals surface area contributed by atoms with E-state index < -0.39 is 0 Å². The van der Waals surface area contributed by atoms with Crippen molar-refractivity contribution in [3.05, 3.63) is 48.2 Å². The lowest BCUT2D eigenvalue weighted by Gasteiger charge is -2.23. The van der Waals surface area contributed by atoms with E-state index in [1.165, 1.54) is 12.8 Å². The van der Waals surface area contributed by atoms with Crippen LogP contribution in [-0.2, 0) is 4.74 Å². The second-order valence-corrected chi connectivity index (χ2v) is 9.02. The van der Waals surface area contributed by atoms with Gasteiger partial charge >= 0.3 is 0 Å². The van der Waals surface area contributed by atoms with Crippen LogP contribution in [0.25, 0.3) is 11.4 Å². The molecule has 0 aromatic carbocycles. The summed E-state index contributed by atoms with van der Waals surface area (Å²) in [6, 6.07) is 5.84. The van der Waals surface area contributed by atoms with E-state index >= 15 is 0 Å². The summed E-state index contributed by atoms with van der Waals surface area (Å²) >= 11 is 0. The summed E-state index contributed by atoms with van der Waals surface area (Å²) in [6.07, 6.45) is 9.27. The molecule has 3 N–H and O–H groups in total. The molecule has 1 aliphatic carbocycles. The first-order valence-corrected chi connectivity index (χ1v) is 12.2. The zero-order valence-electron chi connectivity index (χ0n) is 20.0. The van der Waals surface area contributed by atoms with Crippen molar-refractivity contribution in [2.24, 2.45) is 0 Å². The molecule has 36 heavy (non-hydrogen) atoms. The maximum absolute atomic E-state index is 5.74. The number of nitrogens with zero attached hydrogens (tertiary/aromatic N) is 7. The van der Waals surface area contributed by atoms with Crippen molar-refractivity contribution in [3.8, 4) is 11.4 Å². The number of ether oxygens (including phenoxy) is 1. The summed E-state index contributed by atoms with van der Waals surface area (Å²) < 4.78 is 10.9. The Morgan fingerprint density at radius 2 is 2.00 bits per heavy atom. The fraction of sp³-hybridized carbons (Fsp3) is 0.417. The van der Waals surface area contributed by atoms with Crippen LogP contribution in [0.5, 0.6) is 0 Å². The van der Waals surface area contributed by atoms with Crippen molar-refractivity contribution in [2.75, 3.05) is 42.3 Å². The Labute approximate surface area is 207 Å². The molecule has 1 atom stereocenters. The summed E-state index contributed by atoms with van der Waals surface area (Å²) in [4.78, 5) is 20.3. The summed E-state index contributed by atoms with van der Waals surface area (Å²) in [7, 11) is 1.68. The van der Waals surface area contributed by atoms with Crippen molar-refractivity contribution in [1.29, 1.82) is 0 Å². The van der Waals surface area contributed by atoms with Crippen LogP contribution in [0.1, 0.15) is 49.1 Å². The molecular formula is C24H28N10O2. The van der Waals surface area contributed by atoms with Gasteiger partial charge in [-0.05, 0) is 25.7 Å². The molecule has 5 heterocycles. The van der Waals surface area contributed by atoms with Gasteiger partial charge in [0.2, 0.25) is 5.95 Å². The highest BCUT2D eigenvalue weighted by Crippen LogP contribution is 2.40. The first-order valence-electron chi connectivity index (χ1n) is 12.2. The molecule has 12 nitrogen and oxygen atoms in total. The standard InChI is InChI=1S/C24H28N10O2/c1-35-10-8-27-21-13-22(28-23-12-16(31-32-23)15-4-5-15)30-24(29-21)34-9-2-3-19(34)20-11-17(33-36-20)18-14-25-6-7-26-18/h6-7,11-15,19H,2-5,8-10H2,1H3,(H3,27,28,29,30,31,32)/t19-/m0/s1. The van der Waals surface area contributed by atoms with E-state index in [1.807, 2.05) is 12.1 Å². The summed E-state index contributed by atoms with van der Waals surface area (Å²) in [5, 5.41) is 18.4. The van der Waals surface area contributed by atoms with Crippen molar-refractivity contribution < 1.29 is 9.26 Å². The van der Waals surface area contributed by atoms with Crippen LogP contribution in [0.4, 0.5) is 23.4 Å². The lowest BCUT2D eigenvalue weighted by atomic mass is 10.1. The minimum absolute atomic E-state index is 0.0307. The third-order valence-corrected chi connectivity index (χ3v) is 6.39. The van der Waals surface area contributed by atoms with Gasteiger partial charge in [-0.1, -0.05) is 5.16 Å². The molecule has 6 rings (SSSR count). The predicted octanol–water partition coefficient (Wildman–Crippen LogP) is 3.67. The highest BCUT2D eigenvalue weighted by molar-refractivity contribution is 5.60. The number of hydrogen-bond acceptors (Lipinski definition) is 11.